The Bertz CT molecular complexity index is 4520. The molecule has 73 heavy (non-hydrogen) atoms. The summed E-state index contributed by atoms with van der Waals surface area (Å²) in [7, 11) is 0. The number of fused-ring (bicyclic) bond motifs is 19. The van der Waals surface area contributed by atoms with E-state index in [2.05, 4.69) is 257 Å². The van der Waals surface area contributed by atoms with E-state index in [0.29, 0.717) is 0 Å². The average molecular weight is 933 g/mol. The first-order chi connectivity index (χ1) is 35.5. The van der Waals surface area contributed by atoms with Crippen molar-refractivity contribution in [2.45, 2.75) is 57.8 Å². The smallest absolute Gasteiger partial charge is 0.0544 e. The standard InChI is InChI=1S/C71H52N2/c1-69(2)56-38-54-58(70(3,4)60-35-51(43-19-7-9-25-49(43)67(54)60)41-31-33-42(34-32-41)72-62-27-15-11-20-44(62)45-21-12-16-28-63(45)72)36-52(56)53-37-59-55(39-57(53)69)68-50-26-10-8-24-48(50)66(40-61(68)71(59,5)6)73-64-29-17-13-22-46(64)47-23-14-18-30-65(47)73/h7-40H,1-6H3. The van der Waals surface area contributed by atoms with Crippen LogP contribution >= 0.6 is 0 Å². The Labute approximate surface area is 425 Å². The Hall–Kier alpha value is -8.46. The van der Waals surface area contributed by atoms with E-state index in [1.807, 2.05) is 0 Å². The van der Waals surface area contributed by atoms with Crippen LogP contribution < -0.4 is 0 Å². The van der Waals surface area contributed by atoms with Crippen molar-refractivity contribution in [1.29, 1.82) is 0 Å². The van der Waals surface area contributed by atoms with Gasteiger partial charge in [-0.15, -0.1) is 0 Å². The molecule has 0 N–H and O–H groups in total. The van der Waals surface area contributed by atoms with Crippen molar-refractivity contribution in [2.75, 3.05) is 0 Å². The molecule has 346 valence electrons. The van der Waals surface area contributed by atoms with Gasteiger partial charge >= 0.3 is 0 Å². The van der Waals surface area contributed by atoms with Crippen LogP contribution in [0.4, 0.5) is 0 Å². The van der Waals surface area contributed by atoms with Crippen LogP contribution in [0.1, 0.15) is 74.9 Å². The third-order valence-electron chi connectivity index (χ3n) is 18.1. The lowest BCUT2D eigenvalue weighted by atomic mass is 9.78. The second-order valence-electron chi connectivity index (χ2n) is 22.8. The van der Waals surface area contributed by atoms with Crippen molar-refractivity contribution in [2.24, 2.45) is 0 Å². The summed E-state index contributed by atoms with van der Waals surface area (Å²) in [6.07, 6.45) is 0. The lowest BCUT2D eigenvalue weighted by molar-refractivity contribution is 0.649. The Balaban J connectivity index is 0.839. The lowest BCUT2D eigenvalue weighted by Gasteiger charge is -2.25. The number of nitrogens with zero attached hydrogens (tertiary/aromatic N) is 2. The minimum Gasteiger partial charge on any atom is -0.309 e. The Morgan fingerprint density at radius 3 is 1.07 bits per heavy atom. The van der Waals surface area contributed by atoms with E-state index < -0.39 is 0 Å². The van der Waals surface area contributed by atoms with Crippen molar-refractivity contribution in [3.8, 4) is 55.9 Å². The average Bonchev–Trinajstić information content (AvgIpc) is 4.14. The zero-order chi connectivity index (χ0) is 48.9. The number of aromatic nitrogens is 2. The van der Waals surface area contributed by atoms with E-state index in [-0.39, 0.29) is 16.2 Å². The molecule has 0 fully saturated rings. The zero-order valence-electron chi connectivity index (χ0n) is 42.0. The highest BCUT2D eigenvalue weighted by atomic mass is 15.0. The van der Waals surface area contributed by atoms with Crippen LogP contribution in [0.2, 0.25) is 0 Å². The topological polar surface area (TPSA) is 9.86 Å². The van der Waals surface area contributed by atoms with E-state index in [0.717, 1.165) is 0 Å². The van der Waals surface area contributed by atoms with Gasteiger partial charge in [0.25, 0.3) is 0 Å². The first-order valence-corrected chi connectivity index (χ1v) is 26.1. The van der Waals surface area contributed by atoms with Gasteiger partial charge in [0.05, 0.1) is 27.8 Å². The summed E-state index contributed by atoms with van der Waals surface area (Å²) in [5.41, 5.74) is 26.0. The summed E-state index contributed by atoms with van der Waals surface area (Å²) >= 11 is 0. The fraction of sp³-hybridized carbons (Fsp3) is 0.127. The second-order valence-corrected chi connectivity index (χ2v) is 22.8. The summed E-state index contributed by atoms with van der Waals surface area (Å²) < 4.78 is 4.93. The van der Waals surface area contributed by atoms with E-state index >= 15 is 0 Å². The molecule has 2 heterocycles. The number of rotatable bonds is 3. The molecule has 0 bridgehead atoms. The van der Waals surface area contributed by atoms with Crippen molar-refractivity contribution < 1.29 is 0 Å². The molecular weight excluding hydrogens is 881 g/mol. The molecule has 0 atom stereocenters. The molecule has 16 rings (SSSR count). The molecule has 3 aliphatic carbocycles. The lowest BCUT2D eigenvalue weighted by Crippen LogP contribution is -2.17. The molecule has 2 aromatic heterocycles. The van der Waals surface area contributed by atoms with Crippen molar-refractivity contribution in [1.82, 2.24) is 9.13 Å². The van der Waals surface area contributed by atoms with E-state index in [1.54, 1.807) is 0 Å². The third-order valence-corrected chi connectivity index (χ3v) is 18.1. The Kier molecular flexibility index (Phi) is 7.86. The van der Waals surface area contributed by atoms with Gasteiger partial charge in [0, 0.05) is 48.9 Å². The highest BCUT2D eigenvalue weighted by Gasteiger charge is 2.46. The van der Waals surface area contributed by atoms with Gasteiger partial charge in [0.1, 0.15) is 0 Å². The maximum atomic E-state index is 2.60. The molecule has 3 aliphatic rings. The van der Waals surface area contributed by atoms with Gasteiger partial charge in [-0.05, 0) is 167 Å². The fourth-order valence-corrected chi connectivity index (χ4v) is 14.5. The van der Waals surface area contributed by atoms with E-state index in [9.17, 15) is 0 Å². The quantitative estimate of drug-likeness (QED) is 0.167. The molecule has 0 aliphatic heterocycles. The van der Waals surface area contributed by atoms with Gasteiger partial charge in [0.15, 0.2) is 0 Å². The molecule has 11 aromatic carbocycles. The van der Waals surface area contributed by atoms with Gasteiger partial charge < -0.3 is 9.13 Å². The molecule has 0 saturated heterocycles. The second kappa shape index (κ2) is 13.9. The minimum atomic E-state index is -0.229. The Morgan fingerprint density at radius 1 is 0.260 bits per heavy atom. The molecule has 0 amide bonds. The zero-order valence-corrected chi connectivity index (χ0v) is 42.0. The number of para-hydroxylation sites is 4. The molecule has 0 radical (unpaired) electrons. The highest BCUT2D eigenvalue weighted by Crippen LogP contribution is 2.61. The number of hydrogen-bond acceptors (Lipinski definition) is 0. The number of hydrogen-bond donors (Lipinski definition) is 0. The number of benzene rings is 11. The van der Waals surface area contributed by atoms with Crippen LogP contribution in [0.3, 0.4) is 0 Å². The van der Waals surface area contributed by atoms with E-state index in [1.165, 1.54) is 154 Å². The molecule has 0 unspecified atom stereocenters. The third kappa shape index (κ3) is 5.18. The largest absolute Gasteiger partial charge is 0.309 e. The predicted molar refractivity (Wildman–Crippen MR) is 308 cm³/mol. The summed E-state index contributed by atoms with van der Waals surface area (Å²) in [6, 6.07) is 78.4. The summed E-state index contributed by atoms with van der Waals surface area (Å²) in [5.74, 6) is 0. The highest BCUT2D eigenvalue weighted by molar-refractivity contribution is 6.14. The first kappa shape index (κ1) is 41.2. The van der Waals surface area contributed by atoms with Gasteiger partial charge in [-0.25, -0.2) is 0 Å². The van der Waals surface area contributed by atoms with Crippen LogP contribution in [-0.4, -0.2) is 9.13 Å². The Morgan fingerprint density at radius 2 is 0.589 bits per heavy atom. The van der Waals surface area contributed by atoms with Crippen LogP contribution in [-0.2, 0) is 16.2 Å². The maximum absolute atomic E-state index is 2.60. The summed E-state index contributed by atoms with van der Waals surface area (Å²) in [6.45, 7) is 14.8. The van der Waals surface area contributed by atoms with Crippen LogP contribution in [0, 0.1) is 0 Å². The molecule has 0 spiro atoms. The summed E-state index contributed by atoms with van der Waals surface area (Å²) in [4.78, 5) is 0. The van der Waals surface area contributed by atoms with E-state index in [4.69, 9.17) is 0 Å². The molecule has 0 saturated carbocycles. The first-order valence-electron chi connectivity index (χ1n) is 26.1. The normalized spacial score (nSPS) is 15.3. The van der Waals surface area contributed by atoms with Crippen LogP contribution in [0.5, 0.6) is 0 Å². The summed E-state index contributed by atoms with van der Waals surface area (Å²) in [5, 5.41) is 10.4. The fourth-order valence-electron chi connectivity index (χ4n) is 14.5. The molecule has 2 nitrogen and oxygen atoms in total. The maximum Gasteiger partial charge on any atom is 0.0544 e. The monoisotopic (exact) mass is 932 g/mol. The van der Waals surface area contributed by atoms with Crippen molar-refractivity contribution in [3.05, 3.63) is 240 Å². The van der Waals surface area contributed by atoms with Crippen LogP contribution in [0.15, 0.2) is 206 Å². The van der Waals surface area contributed by atoms with Gasteiger partial charge in [-0.1, -0.05) is 175 Å². The van der Waals surface area contributed by atoms with Gasteiger partial charge in [-0.3, -0.25) is 0 Å². The van der Waals surface area contributed by atoms with Crippen molar-refractivity contribution >= 4 is 65.2 Å². The minimum absolute atomic E-state index is 0.207. The van der Waals surface area contributed by atoms with Gasteiger partial charge in [0.2, 0.25) is 0 Å². The molecule has 13 aromatic rings. The molecule has 2 heteroatoms. The predicted octanol–water partition coefficient (Wildman–Crippen LogP) is 18.8. The SMILES string of the molecule is CC1(C)c2cc3c(cc2-c2cc4c(cc21)-c1c(cc(-n2c5ccccc5c5ccccc52)c2ccccc12)C4(C)C)C(C)(C)c1cc(-c2ccc(-n4c5ccccc5c5ccccc54)cc2)c2ccccc2c1-3. The van der Waals surface area contributed by atoms with Crippen molar-refractivity contribution in [3.63, 3.8) is 0 Å². The molecular formula is C71H52N2. The van der Waals surface area contributed by atoms with Gasteiger partial charge in [-0.2, -0.15) is 0 Å². The van der Waals surface area contributed by atoms with Crippen LogP contribution in [0.25, 0.3) is 121 Å².